The highest BCUT2D eigenvalue weighted by Crippen LogP contribution is 2.39. The molecule has 1 heterocycles. The summed E-state index contributed by atoms with van der Waals surface area (Å²) in [6.07, 6.45) is 9.24. The van der Waals surface area contributed by atoms with Gasteiger partial charge in [0.15, 0.2) is 0 Å². The zero-order valence-corrected chi connectivity index (χ0v) is 16.8. The molecule has 0 unspecified atom stereocenters. The fourth-order valence-electron chi connectivity index (χ4n) is 2.88. The Balaban J connectivity index is 1.88. The van der Waals surface area contributed by atoms with Gasteiger partial charge >= 0.3 is 0 Å². The van der Waals surface area contributed by atoms with E-state index < -0.39 is 0 Å². The van der Waals surface area contributed by atoms with Crippen molar-refractivity contribution in [1.29, 1.82) is 0 Å². The molecule has 0 atom stereocenters. The van der Waals surface area contributed by atoms with Crippen LogP contribution in [-0.4, -0.2) is 13.3 Å². The van der Waals surface area contributed by atoms with Crippen LogP contribution in [0.4, 0.5) is 0 Å². The van der Waals surface area contributed by atoms with E-state index in [1.807, 2.05) is 41.9 Å². The molecule has 0 radical (unpaired) electrons. The van der Waals surface area contributed by atoms with E-state index in [1.54, 1.807) is 0 Å². The number of hydrogen-bond donors (Lipinski definition) is 1. The van der Waals surface area contributed by atoms with Gasteiger partial charge in [0.05, 0.1) is 4.21 Å². The molecule has 1 aliphatic carbocycles. The molecule has 24 heavy (non-hydrogen) atoms. The van der Waals surface area contributed by atoms with Gasteiger partial charge in [0.1, 0.15) is 0 Å². The first-order chi connectivity index (χ1) is 11.7. The highest BCUT2D eigenvalue weighted by atomic mass is 32.2. The summed E-state index contributed by atoms with van der Waals surface area (Å²) in [7, 11) is 1.99. The molecule has 126 valence electrons. The summed E-state index contributed by atoms with van der Waals surface area (Å²) in [5.74, 6) is 0. The van der Waals surface area contributed by atoms with Crippen LogP contribution in [-0.2, 0) is 6.54 Å². The Kier molecular flexibility index (Phi) is 6.28. The van der Waals surface area contributed by atoms with Gasteiger partial charge in [-0.1, -0.05) is 23.9 Å². The minimum atomic E-state index is 0.943. The van der Waals surface area contributed by atoms with E-state index in [2.05, 4.69) is 61.0 Å². The van der Waals surface area contributed by atoms with Crippen molar-refractivity contribution in [2.45, 2.75) is 40.3 Å². The van der Waals surface area contributed by atoms with Crippen LogP contribution in [0.3, 0.4) is 0 Å². The maximum absolute atomic E-state index is 3.22. The molecule has 1 N–H and O–H groups in total. The lowest BCUT2D eigenvalue weighted by molar-refractivity contribution is 0.831. The topological polar surface area (TPSA) is 12.0 Å². The number of rotatable bonds is 6. The molecular weight excluding hydrogens is 350 g/mol. The van der Waals surface area contributed by atoms with Crippen LogP contribution in [0.1, 0.15) is 30.2 Å². The number of thioether (sulfide) groups is 1. The van der Waals surface area contributed by atoms with Gasteiger partial charge in [0, 0.05) is 21.2 Å². The fourth-order valence-corrected chi connectivity index (χ4v) is 5.68. The van der Waals surface area contributed by atoms with Crippen molar-refractivity contribution in [2.24, 2.45) is 0 Å². The molecule has 1 aromatic carbocycles. The molecule has 3 rings (SSSR count). The number of benzene rings is 1. The lowest BCUT2D eigenvalue weighted by Gasteiger charge is -2.17. The lowest BCUT2D eigenvalue weighted by atomic mass is 9.93. The summed E-state index contributed by atoms with van der Waals surface area (Å²) in [5.41, 5.74) is 4.20. The molecule has 0 aliphatic heterocycles. The van der Waals surface area contributed by atoms with Gasteiger partial charge in [-0.05, 0) is 80.1 Å². The molecule has 0 spiro atoms. The van der Waals surface area contributed by atoms with Crippen LogP contribution in [0.5, 0.6) is 0 Å². The van der Waals surface area contributed by atoms with E-state index in [4.69, 9.17) is 0 Å². The van der Waals surface area contributed by atoms with Crippen molar-refractivity contribution < 1.29 is 0 Å². The van der Waals surface area contributed by atoms with Crippen molar-refractivity contribution in [1.82, 2.24) is 5.32 Å². The van der Waals surface area contributed by atoms with E-state index in [9.17, 15) is 0 Å². The van der Waals surface area contributed by atoms with Crippen LogP contribution < -0.4 is 5.32 Å². The zero-order chi connectivity index (χ0) is 16.9. The van der Waals surface area contributed by atoms with Gasteiger partial charge in [-0.15, -0.1) is 23.1 Å². The van der Waals surface area contributed by atoms with Crippen LogP contribution in [0.15, 0.2) is 62.1 Å². The minimum absolute atomic E-state index is 0.943. The summed E-state index contributed by atoms with van der Waals surface area (Å²) in [6.45, 7) is 3.18. The molecule has 0 fully saturated rings. The first-order valence-electron chi connectivity index (χ1n) is 8.18. The van der Waals surface area contributed by atoms with Gasteiger partial charge in [0.25, 0.3) is 0 Å². The average Bonchev–Trinajstić information content (AvgIpc) is 3.03. The Labute approximate surface area is 157 Å². The summed E-state index contributed by atoms with van der Waals surface area (Å²) < 4.78 is 1.35. The van der Waals surface area contributed by atoms with E-state index >= 15 is 0 Å². The van der Waals surface area contributed by atoms with Crippen molar-refractivity contribution in [3.8, 4) is 0 Å². The highest BCUT2D eigenvalue weighted by molar-refractivity contribution is 8.01. The van der Waals surface area contributed by atoms with Crippen molar-refractivity contribution in [2.75, 3.05) is 13.3 Å². The quantitative estimate of drug-likeness (QED) is 0.583. The summed E-state index contributed by atoms with van der Waals surface area (Å²) in [5, 5.41) is 3.22. The summed E-state index contributed by atoms with van der Waals surface area (Å²) in [6, 6.07) is 11.3. The molecule has 1 aromatic heterocycles. The minimum Gasteiger partial charge on any atom is -0.315 e. The second-order valence-electron chi connectivity index (χ2n) is 5.80. The Morgan fingerprint density at radius 1 is 1.12 bits per heavy atom. The molecule has 2 aromatic rings. The molecule has 4 heteroatoms. The van der Waals surface area contributed by atoms with E-state index in [-0.39, 0.29) is 0 Å². The average molecular weight is 374 g/mol. The van der Waals surface area contributed by atoms with Gasteiger partial charge in [-0.3, -0.25) is 0 Å². The molecule has 0 saturated carbocycles. The first kappa shape index (κ1) is 17.9. The van der Waals surface area contributed by atoms with E-state index in [0.717, 1.165) is 13.0 Å². The number of allylic oxidation sites excluding steroid dienone is 4. The fraction of sp³-hybridized carbons (Fsp3) is 0.300. The molecule has 0 bridgehead atoms. The van der Waals surface area contributed by atoms with Crippen molar-refractivity contribution >= 4 is 40.4 Å². The first-order valence-corrected chi connectivity index (χ1v) is 11.0. The number of nitrogens with one attached hydrogen (secondary N) is 1. The predicted molar refractivity (Wildman–Crippen MR) is 110 cm³/mol. The third kappa shape index (κ3) is 4.17. The van der Waals surface area contributed by atoms with Crippen molar-refractivity contribution in [3.63, 3.8) is 0 Å². The van der Waals surface area contributed by atoms with Crippen LogP contribution in [0.25, 0.3) is 5.57 Å². The highest BCUT2D eigenvalue weighted by Gasteiger charge is 2.13. The normalized spacial score (nSPS) is 14.5. The lowest BCUT2D eigenvalue weighted by Crippen LogP contribution is -2.02. The maximum Gasteiger partial charge on any atom is 0.0649 e. The second kappa shape index (κ2) is 8.43. The largest absolute Gasteiger partial charge is 0.315 e. The third-order valence-electron chi connectivity index (χ3n) is 4.06. The molecule has 0 amide bonds. The summed E-state index contributed by atoms with van der Waals surface area (Å²) in [4.78, 5) is 4.07. The third-order valence-corrected chi connectivity index (χ3v) is 7.06. The molecule has 0 saturated heterocycles. The maximum atomic E-state index is 3.22. The SMILES string of the molecule is CNCc1ccc(Sc2ccc(SC)c(C3=CCCC=C3C)c2)s1. The Morgan fingerprint density at radius 2 is 1.96 bits per heavy atom. The zero-order valence-electron chi connectivity index (χ0n) is 14.4. The number of thiophene rings is 1. The predicted octanol–water partition coefficient (Wildman–Crippen LogP) is 6.46. The van der Waals surface area contributed by atoms with E-state index in [0.29, 0.717) is 0 Å². The standard InChI is InChI=1S/C20H23NS3/c1-14-6-4-5-7-17(14)18-12-15(8-10-19(18)22-3)23-20-11-9-16(24-20)13-21-2/h6-12,21H,4-5,13H2,1-3H3. The van der Waals surface area contributed by atoms with Crippen LogP contribution in [0.2, 0.25) is 0 Å². The second-order valence-corrected chi connectivity index (χ2v) is 9.19. The smallest absolute Gasteiger partial charge is 0.0649 e. The Hall–Kier alpha value is -0.940. The number of hydrogen-bond acceptors (Lipinski definition) is 4. The van der Waals surface area contributed by atoms with Crippen LogP contribution >= 0.6 is 34.9 Å². The van der Waals surface area contributed by atoms with Gasteiger partial charge in [-0.25, -0.2) is 0 Å². The van der Waals surface area contributed by atoms with Crippen molar-refractivity contribution in [3.05, 3.63) is 58.5 Å². The van der Waals surface area contributed by atoms with E-state index in [1.165, 1.54) is 42.0 Å². The Bertz CT molecular complexity index is 771. The molecular formula is C20H23NS3. The summed E-state index contributed by atoms with van der Waals surface area (Å²) >= 11 is 5.58. The van der Waals surface area contributed by atoms with Gasteiger partial charge in [0.2, 0.25) is 0 Å². The Morgan fingerprint density at radius 3 is 2.71 bits per heavy atom. The monoisotopic (exact) mass is 373 g/mol. The molecule has 1 aliphatic rings. The van der Waals surface area contributed by atoms with Crippen LogP contribution in [0, 0.1) is 0 Å². The molecule has 1 nitrogen and oxygen atoms in total. The van der Waals surface area contributed by atoms with Gasteiger partial charge in [-0.2, -0.15) is 0 Å². The van der Waals surface area contributed by atoms with Gasteiger partial charge < -0.3 is 5.32 Å².